The number of pyridine rings is 2. The molecule has 0 unspecified atom stereocenters. The molecule has 0 aliphatic heterocycles. The number of carbonyl (C=O) groups is 4. The van der Waals surface area contributed by atoms with Crippen LogP contribution in [0.4, 0.5) is 20.1 Å². The summed E-state index contributed by atoms with van der Waals surface area (Å²) in [5.41, 5.74) is -0.181. The number of aromatic nitrogens is 5. The molecule has 4 heterocycles. The van der Waals surface area contributed by atoms with Crippen LogP contribution in [0.1, 0.15) is 99.4 Å². The summed E-state index contributed by atoms with van der Waals surface area (Å²) < 4.78 is 19.5. The number of aliphatic imine (C=N–C) groups is 1. The van der Waals surface area contributed by atoms with Crippen molar-refractivity contribution in [3.8, 4) is 11.4 Å². The third kappa shape index (κ3) is 9.82. The quantitative estimate of drug-likeness (QED) is 0.133. The zero-order valence-electron chi connectivity index (χ0n) is 32.6. The minimum Gasteiger partial charge on any atom is -0.443 e. The van der Waals surface area contributed by atoms with Gasteiger partial charge < -0.3 is 14.2 Å². The van der Waals surface area contributed by atoms with Crippen LogP contribution in [0.3, 0.4) is 0 Å². The lowest BCUT2D eigenvalue weighted by Gasteiger charge is -2.26. The van der Waals surface area contributed by atoms with E-state index >= 15 is 0 Å². The Kier molecular flexibility index (Phi) is 11.5. The molecule has 282 valence electrons. The molecule has 4 aromatic heterocycles. The van der Waals surface area contributed by atoms with Gasteiger partial charge in [0.05, 0.1) is 29.0 Å². The van der Waals surface area contributed by atoms with Crippen LogP contribution in [-0.2, 0) is 19.0 Å². The van der Waals surface area contributed by atoms with Crippen molar-refractivity contribution >= 4 is 59.4 Å². The maximum absolute atomic E-state index is 13.8. The molecule has 0 N–H and O–H groups in total. The molecule has 0 aliphatic rings. The Bertz CT molecular complexity index is 2090. The molecule has 0 spiro atoms. The van der Waals surface area contributed by atoms with Crippen LogP contribution < -0.4 is 4.90 Å². The molecule has 53 heavy (non-hydrogen) atoms. The third-order valence-electron chi connectivity index (χ3n) is 7.25. The smallest absolute Gasteiger partial charge is 0.435 e. The molecular formula is C39H49N7O7. The molecule has 2 amide bonds. The minimum absolute atomic E-state index is 0.0386. The molecule has 4 rings (SSSR count). The Hall–Kier alpha value is -5.66. The maximum Gasteiger partial charge on any atom is 0.435 e. The fourth-order valence-corrected chi connectivity index (χ4v) is 5.21. The second kappa shape index (κ2) is 15.1. The molecule has 14 heteroatoms. The zero-order chi connectivity index (χ0) is 39.6. The highest BCUT2D eigenvalue weighted by atomic mass is 16.6. The molecule has 0 fully saturated rings. The van der Waals surface area contributed by atoms with Crippen molar-refractivity contribution in [1.29, 1.82) is 0 Å². The van der Waals surface area contributed by atoms with Crippen molar-refractivity contribution < 1.29 is 33.4 Å². The molecule has 0 aromatic carbocycles. The van der Waals surface area contributed by atoms with E-state index in [9.17, 15) is 19.2 Å². The molecule has 0 saturated carbocycles. The van der Waals surface area contributed by atoms with Crippen molar-refractivity contribution in [2.75, 3.05) is 4.90 Å². The molecule has 0 bridgehead atoms. The van der Waals surface area contributed by atoms with Crippen LogP contribution >= 0.6 is 0 Å². The van der Waals surface area contributed by atoms with E-state index in [0.717, 1.165) is 9.58 Å². The molecule has 4 aromatic rings. The topological polar surface area (TPSA) is 160 Å². The van der Waals surface area contributed by atoms with E-state index in [1.807, 2.05) is 13.8 Å². The molecule has 0 saturated heterocycles. The molecule has 14 nitrogen and oxygen atoms in total. The van der Waals surface area contributed by atoms with Gasteiger partial charge in [-0.2, -0.15) is 9.78 Å². The average molecular weight is 728 g/mol. The van der Waals surface area contributed by atoms with Crippen molar-refractivity contribution in [2.45, 2.75) is 106 Å². The summed E-state index contributed by atoms with van der Waals surface area (Å²) in [5, 5.41) is 5.31. The van der Waals surface area contributed by atoms with Crippen LogP contribution in [-0.4, -0.2) is 72.0 Å². The largest absolute Gasteiger partial charge is 0.443 e. The summed E-state index contributed by atoms with van der Waals surface area (Å²) >= 11 is 0. The number of anilines is 1. The van der Waals surface area contributed by atoms with Crippen LogP contribution in [0.15, 0.2) is 47.8 Å². The van der Waals surface area contributed by atoms with Gasteiger partial charge in [-0.05, 0) is 112 Å². The monoisotopic (exact) mass is 727 g/mol. The van der Waals surface area contributed by atoms with Gasteiger partial charge in [-0.15, -0.1) is 0 Å². The van der Waals surface area contributed by atoms with Gasteiger partial charge in [-0.1, -0.05) is 13.8 Å². The maximum atomic E-state index is 13.8. The van der Waals surface area contributed by atoms with E-state index in [4.69, 9.17) is 14.2 Å². The van der Waals surface area contributed by atoms with Gasteiger partial charge in [-0.25, -0.2) is 28.8 Å². The Balaban J connectivity index is 1.98. The Morgan fingerprint density at radius 1 is 0.925 bits per heavy atom. The standard InChI is InChI=1S/C39H49N7O7/c1-23(2)17-31(47)44(34(48)51-37(4,5)6)27-18-26(21-41-22-27)29(40-13)20-28-24(3)46(36(50)53-39(10,11)12)43-32(28)30-19-25-15-14-16-42-33(25)45(30)35(49)52-38(7,8)9/h14-16,18-23H,13,17H2,1-12H3/b29-20-. The van der Waals surface area contributed by atoms with Gasteiger partial charge in [0.25, 0.3) is 0 Å². The van der Waals surface area contributed by atoms with Gasteiger partial charge in [-0.3, -0.25) is 14.8 Å². The van der Waals surface area contributed by atoms with Crippen molar-refractivity contribution in [3.05, 3.63) is 59.7 Å². The van der Waals surface area contributed by atoms with Crippen molar-refractivity contribution in [1.82, 2.24) is 24.3 Å². The molecule has 0 atom stereocenters. The van der Waals surface area contributed by atoms with Gasteiger partial charge in [0.1, 0.15) is 28.1 Å². The summed E-state index contributed by atoms with van der Waals surface area (Å²) in [6.07, 6.45) is 3.86. The lowest BCUT2D eigenvalue weighted by Crippen LogP contribution is -2.41. The normalized spacial score (nSPS) is 12.5. The second-order valence-electron chi connectivity index (χ2n) is 15.9. The third-order valence-corrected chi connectivity index (χ3v) is 7.25. The Labute approximate surface area is 309 Å². The molecular weight excluding hydrogens is 678 g/mol. The highest BCUT2D eigenvalue weighted by molar-refractivity contribution is 6.12. The number of nitrogens with zero attached hydrogens (tertiary/aromatic N) is 7. The summed E-state index contributed by atoms with van der Waals surface area (Å²) in [4.78, 5) is 68.1. The van der Waals surface area contributed by atoms with Gasteiger partial charge >= 0.3 is 18.3 Å². The zero-order valence-corrected chi connectivity index (χ0v) is 32.6. The van der Waals surface area contributed by atoms with E-state index in [1.165, 1.54) is 17.0 Å². The number of imide groups is 1. The number of rotatable bonds is 7. The number of hydrogen-bond acceptors (Lipinski definition) is 11. The summed E-state index contributed by atoms with van der Waals surface area (Å²) in [6.45, 7) is 24.8. The number of fused-ring (bicyclic) bond motifs is 1. The van der Waals surface area contributed by atoms with E-state index in [0.29, 0.717) is 27.9 Å². The fraction of sp³-hybridized carbons (Fsp3) is 0.436. The van der Waals surface area contributed by atoms with E-state index in [1.54, 1.807) is 106 Å². The fourth-order valence-electron chi connectivity index (χ4n) is 5.21. The number of carbonyl (C=O) groups excluding carboxylic acids is 4. The first-order valence-corrected chi connectivity index (χ1v) is 17.2. The second-order valence-corrected chi connectivity index (χ2v) is 15.9. The predicted molar refractivity (Wildman–Crippen MR) is 204 cm³/mol. The first-order valence-electron chi connectivity index (χ1n) is 17.2. The number of hydrogen-bond donors (Lipinski definition) is 0. The van der Waals surface area contributed by atoms with Crippen LogP contribution in [0.25, 0.3) is 34.2 Å². The highest BCUT2D eigenvalue weighted by Crippen LogP contribution is 2.35. The molecule has 0 radical (unpaired) electrons. The summed E-state index contributed by atoms with van der Waals surface area (Å²) in [5.74, 6) is -0.506. The highest BCUT2D eigenvalue weighted by Gasteiger charge is 2.32. The summed E-state index contributed by atoms with van der Waals surface area (Å²) in [6, 6.07) is 6.84. The first kappa shape index (κ1) is 40.1. The van der Waals surface area contributed by atoms with Gasteiger partial charge in [0, 0.05) is 35.3 Å². The van der Waals surface area contributed by atoms with E-state index in [2.05, 4.69) is 26.8 Å². The van der Waals surface area contributed by atoms with Gasteiger partial charge in [0.2, 0.25) is 5.91 Å². The van der Waals surface area contributed by atoms with Crippen molar-refractivity contribution in [2.24, 2.45) is 10.9 Å². The van der Waals surface area contributed by atoms with Crippen LogP contribution in [0.2, 0.25) is 0 Å². The Morgan fingerprint density at radius 2 is 1.55 bits per heavy atom. The van der Waals surface area contributed by atoms with Gasteiger partial charge in [0.15, 0.2) is 0 Å². The van der Waals surface area contributed by atoms with Crippen LogP contribution in [0, 0.1) is 12.8 Å². The lowest BCUT2D eigenvalue weighted by molar-refractivity contribution is -0.119. The SMILES string of the molecule is C=N/C(=C\c1c(-c2cc3cccnc3n2C(=O)OC(C)(C)C)nn(C(=O)OC(C)(C)C)c1C)c1cncc(N(C(=O)CC(C)C)C(=O)OC(C)(C)C)c1. The lowest BCUT2D eigenvalue weighted by atomic mass is 10.1. The molecule has 0 aliphatic carbocycles. The van der Waals surface area contributed by atoms with Crippen molar-refractivity contribution in [3.63, 3.8) is 0 Å². The van der Waals surface area contributed by atoms with E-state index < -0.39 is 41.0 Å². The number of ether oxygens (including phenoxy) is 3. The average Bonchev–Trinajstić information content (AvgIpc) is 3.54. The first-order chi connectivity index (χ1) is 24.5. The minimum atomic E-state index is -0.869. The predicted octanol–water partition coefficient (Wildman–Crippen LogP) is 8.68. The number of amides is 2. The van der Waals surface area contributed by atoms with E-state index in [-0.39, 0.29) is 35.1 Å². The summed E-state index contributed by atoms with van der Waals surface area (Å²) in [7, 11) is 0. The van der Waals surface area contributed by atoms with Crippen LogP contribution in [0.5, 0.6) is 0 Å². The Morgan fingerprint density at radius 3 is 2.13 bits per heavy atom.